The first kappa shape index (κ1) is 15.2. The van der Waals surface area contributed by atoms with Gasteiger partial charge in [-0.3, -0.25) is 4.79 Å². The Kier molecular flexibility index (Phi) is 5.06. The van der Waals surface area contributed by atoms with Gasteiger partial charge in [0, 0.05) is 19.2 Å². The molecule has 0 aliphatic carbocycles. The van der Waals surface area contributed by atoms with Gasteiger partial charge in [-0.2, -0.15) is 0 Å². The molecular formula is C17H18FNO2. The average molecular weight is 287 g/mol. The van der Waals surface area contributed by atoms with E-state index < -0.39 is 0 Å². The molecule has 0 aliphatic heterocycles. The summed E-state index contributed by atoms with van der Waals surface area (Å²) in [5.41, 5.74) is 2.92. The Morgan fingerprint density at radius 2 is 1.81 bits per heavy atom. The van der Waals surface area contributed by atoms with E-state index in [9.17, 15) is 9.18 Å². The van der Waals surface area contributed by atoms with Crippen molar-refractivity contribution in [3.05, 3.63) is 70.5 Å². The first-order valence-corrected chi connectivity index (χ1v) is 6.71. The Morgan fingerprint density at radius 3 is 2.43 bits per heavy atom. The van der Waals surface area contributed by atoms with Crippen LogP contribution in [0.2, 0.25) is 0 Å². The number of benzene rings is 2. The fourth-order valence-corrected chi connectivity index (χ4v) is 1.94. The number of methoxy groups -OCH3 is 1. The van der Waals surface area contributed by atoms with Gasteiger partial charge in [-0.25, -0.2) is 4.39 Å². The highest BCUT2D eigenvalue weighted by molar-refractivity contribution is 5.94. The van der Waals surface area contributed by atoms with Crippen molar-refractivity contribution in [1.82, 2.24) is 5.32 Å². The summed E-state index contributed by atoms with van der Waals surface area (Å²) in [4.78, 5) is 12.0. The summed E-state index contributed by atoms with van der Waals surface area (Å²) in [6.07, 6.45) is 0. The van der Waals surface area contributed by atoms with Crippen LogP contribution in [-0.4, -0.2) is 13.0 Å². The van der Waals surface area contributed by atoms with Crippen LogP contribution in [0.5, 0.6) is 0 Å². The highest BCUT2D eigenvalue weighted by Crippen LogP contribution is 2.10. The lowest BCUT2D eigenvalue weighted by Crippen LogP contribution is -2.22. The number of hydrogen-bond donors (Lipinski definition) is 1. The Hall–Kier alpha value is -2.20. The lowest BCUT2D eigenvalue weighted by molar-refractivity contribution is 0.0950. The second-order valence-electron chi connectivity index (χ2n) is 4.90. The summed E-state index contributed by atoms with van der Waals surface area (Å²) in [6, 6.07) is 12.3. The van der Waals surface area contributed by atoms with E-state index in [4.69, 9.17) is 4.74 Å². The molecule has 0 bridgehead atoms. The molecule has 2 aromatic carbocycles. The Balaban J connectivity index is 1.95. The smallest absolute Gasteiger partial charge is 0.251 e. The van der Waals surface area contributed by atoms with Crippen LogP contribution >= 0.6 is 0 Å². The van der Waals surface area contributed by atoms with E-state index in [2.05, 4.69) is 5.32 Å². The maximum Gasteiger partial charge on any atom is 0.251 e. The van der Waals surface area contributed by atoms with Crippen molar-refractivity contribution in [2.45, 2.75) is 20.1 Å². The maximum atomic E-state index is 13.4. The zero-order valence-electron chi connectivity index (χ0n) is 12.2. The van der Waals surface area contributed by atoms with Gasteiger partial charge < -0.3 is 10.1 Å². The van der Waals surface area contributed by atoms with E-state index in [0.717, 1.165) is 11.1 Å². The van der Waals surface area contributed by atoms with E-state index in [1.165, 1.54) is 6.07 Å². The Labute approximate surface area is 123 Å². The quantitative estimate of drug-likeness (QED) is 0.917. The molecule has 0 unspecified atom stereocenters. The highest BCUT2D eigenvalue weighted by atomic mass is 19.1. The molecule has 3 nitrogen and oxygen atoms in total. The van der Waals surface area contributed by atoms with Crippen LogP contribution in [0.15, 0.2) is 42.5 Å². The second kappa shape index (κ2) is 6.99. The molecule has 21 heavy (non-hydrogen) atoms. The van der Waals surface area contributed by atoms with Crippen molar-refractivity contribution in [1.29, 1.82) is 0 Å². The number of halogens is 1. The largest absolute Gasteiger partial charge is 0.380 e. The predicted octanol–water partition coefficient (Wildman–Crippen LogP) is 3.21. The molecule has 2 rings (SSSR count). The molecule has 1 amide bonds. The summed E-state index contributed by atoms with van der Waals surface area (Å²) < 4.78 is 18.5. The topological polar surface area (TPSA) is 38.3 Å². The van der Waals surface area contributed by atoms with Crippen molar-refractivity contribution in [2.75, 3.05) is 7.11 Å². The van der Waals surface area contributed by atoms with Crippen LogP contribution in [0.3, 0.4) is 0 Å². The van der Waals surface area contributed by atoms with Gasteiger partial charge in [-0.05, 0) is 35.7 Å². The molecule has 0 aromatic heterocycles. The second-order valence-corrected chi connectivity index (χ2v) is 4.90. The summed E-state index contributed by atoms with van der Waals surface area (Å²) in [6.45, 7) is 2.63. The molecule has 0 saturated carbocycles. The Morgan fingerprint density at radius 1 is 1.14 bits per heavy atom. The molecule has 0 fully saturated rings. The Bertz CT molecular complexity index is 623. The van der Waals surface area contributed by atoms with E-state index in [-0.39, 0.29) is 11.7 Å². The van der Waals surface area contributed by atoms with Gasteiger partial charge in [0.25, 0.3) is 5.91 Å². The monoisotopic (exact) mass is 287 g/mol. The maximum absolute atomic E-state index is 13.4. The van der Waals surface area contributed by atoms with E-state index in [1.807, 2.05) is 24.3 Å². The molecule has 1 N–H and O–H groups in total. The number of ether oxygens (including phenoxy) is 1. The van der Waals surface area contributed by atoms with Gasteiger partial charge in [0.05, 0.1) is 6.61 Å². The lowest BCUT2D eigenvalue weighted by Gasteiger charge is -2.07. The highest BCUT2D eigenvalue weighted by Gasteiger charge is 2.07. The summed E-state index contributed by atoms with van der Waals surface area (Å²) in [7, 11) is 1.65. The fraction of sp³-hybridized carbons (Fsp3) is 0.235. The van der Waals surface area contributed by atoms with E-state index in [0.29, 0.717) is 24.3 Å². The minimum Gasteiger partial charge on any atom is -0.380 e. The van der Waals surface area contributed by atoms with Gasteiger partial charge in [-0.15, -0.1) is 0 Å². The first-order chi connectivity index (χ1) is 10.1. The third-order valence-corrected chi connectivity index (χ3v) is 3.22. The van der Waals surface area contributed by atoms with Crippen LogP contribution in [-0.2, 0) is 17.9 Å². The normalized spacial score (nSPS) is 10.4. The SMILES string of the molecule is COCc1ccc(CNC(=O)c2ccc(C)c(F)c2)cc1. The standard InChI is InChI=1S/C17H18FNO2/c1-12-3-8-15(9-16(12)18)17(20)19-10-13-4-6-14(7-5-13)11-21-2/h3-9H,10-11H2,1-2H3,(H,19,20). The summed E-state index contributed by atoms with van der Waals surface area (Å²) >= 11 is 0. The lowest BCUT2D eigenvalue weighted by atomic mass is 10.1. The zero-order valence-corrected chi connectivity index (χ0v) is 12.2. The molecule has 0 heterocycles. The van der Waals surface area contributed by atoms with E-state index >= 15 is 0 Å². The van der Waals surface area contributed by atoms with Crippen molar-refractivity contribution < 1.29 is 13.9 Å². The summed E-state index contributed by atoms with van der Waals surface area (Å²) in [5, 5.41) is 2.78. The molecule has 2 aromatic rings. The predicted molar refractivity (Wildman–Crippen MR) is 79.5 cm³/mol. The number of amides is 1. The van der Waals surface area contributed by atoms with Crippen LogP contribution < -0.4 is 5.32 Å². The number of rotatable bonds is 5. The van der Waals surface area contributed by atoms with Gasteiger partial charge in [0.1, 0.15) is 5.82 Å². The first-order valence-electron chi connectivity index (χ1n) is 6.71. The van der Waals surface area contributed by atoms with E-state index in [1.54, 1.807) is 26.2 Å². The van der Waals surface area contributed by atoms with Gasteiger partial charge in [0.2, 0.25) is 0 Å². The van der Waals surface area contributed by atoms with Crippen LogP contribution in [0.25, 0.3) is 0 Å². The van der Waals surface area contributed by atoms with Crippen LogP contribution in [0, 0.1) is 12.7 Å². The third-order valence-electron chi connectivity index (χ3n) is 3.22. The number of nitrogens with one attached hydrogen (secondary N) is 1. The number of carbonyl (C=O) groups is 1. The van der Waals surface area contributed by atoms with Crippen LogP contribution in [0.1, 0.15) is 27.0 Å². The molecule has 0 spiro atoms. The van der Waals surface area contributed by atoms with Crippen molar-refractivity contribution in [3.8, 4) is 0 Å². The molecule has 0 atom stereocenters. The van der Waals surface area contributed by atoms with Crippen molar-refractivity contribution >= 4 is 5.91 Å². The van der Waals surface area contributed by atoms with Crippen LogP contribution in [0.4, 0.5) is 4.39 Å². The molecular weight excluding hydrogens is 269 g/mol. The molecule has 0 saturated heterocycles. The average Bonchev–Trinajstić information content (AvgIpc) is 2.49. The van der Waals surface area contributed by atoms with Gasteiger partial charge in [0.15, 0.2) is 0 Å². The number of hydrogen-bond acceptors (Lipinski definition) is 2. The van der Waals surface area contributed by atoms with Crippen molar-refractivity contribution in [2.24, 2.45) is 0 Å². The van der Waals surface area contributed by atoms with Gasteiger partial charge >= 0.3 is 0 Å². The molecule has 110 valence electrons. The number of aryl methyl sites for hydroxylation is 1. The molecule has 0 aliphatic rings. The minimum atomic E-state index is -0.369. The fourth-order valence-electron chi connectivity index (χ4n) is 1.94. The molecule has 0 radical (unpaired) electrons. The van der Waals surface area contributed by atoms with Crippen molar-refractivity contribution in [3.63, 3.8) is 0 Å². The number of carbonyl (C=O) groups excluding carboxylic acids is 1. The molecule has 4 heteroatoms. The zero-order chi connectivity index (χ0) is 15.2. The minimum absolute atomic E-state index is 0.283. The van der Waals surface area contributed by atoms with Gasteiger partial charge in [-0.1, -0.05) is 30.3 Å². The third kappa shape index (κ3) is 4.13. The summed E-state index contributed by atoms with van der Waals surface area (Å²) in [5.74, 6) is -0.651.